The Morgan fingerprint density at radius 3 is 1.05 bits per heavy atom. The summed E-state index contributed by atoms with van der Waals surface area (Å²) in [4.78, 5) is 35.0. The Labute approximate surface area is 358 Å². The number of phosphoric ester groups is 1. The van der Waals surface area contributed by atoms with E-state index in [0.717, 1.165) is 32.1 Å². The number of rotatable bonds is 48. The van der Waals surface area contributed by atoms with Crippen molar-refractivity contribution in [1.29, 1.82) is 0 Å². The van der Waals surface area contributed by atoms with Crippen molar-refractivity contribution >= 4 is 19.8 Å². The molecule has 2 atom stereocenters. The molecule has 0 rings (SSSR count). The van der Waals surface area contributed by atoms with Crippen LogP contribution in [0.5, 0.6) is 0 Å². The van der Waals surface area contributed by atoms with Gasteiger partial charge in [0.1, 0.15) is 6.61 Å². The van der Waals surface area contributed by atoms with E-state index in [1.807, 2.05) is 0 Å². The quantitative estimate of drug-likeness (QED) is 0.0349. The number of carbonyl (C=O) groups excluding carboxylic acids is 2. The smallest absolute Gasteiger partial charge is 0.462 e. The van der Waals surface area contributed by atoms with Gasteiger partial charge in [0.2, 0.25) is 0 Å². The van der Waals surface area contributed by atoms with Crippen molar-refractivity contribution in [2.75, 3.05) is 26.4 Å². The molecule has 0 spiro atoms. The lowest BCUT2D eigenvalue weighted by Crippen LogP contribution is -2.29. The van der Waals surface area contributed by atoms with Gasteiger partial charge in [-0.3, -0.25) is 18.6 Å². The molecule has 1 unspecified atom stereocenters. The SMILES string of the molecule is CCCCCCCCCCCCCCCCCCCCCCC(=O)OC[C@H](COP(=O)(O)OCCN)OC(=O)CCCCCCCCCCCCCCCCCCC. The summed E-state index contributed by atoms with van der Waals surface area (Å²) in [5, 5.41) is 0. The molecule has 0 saturated carbocycles. The largest absolute Gasteiger partial charge is 0.472 e. The van der Waals surface area contributed by atoms with Gasteiger partial charge in [-0.05, 0) is 12.8 Å². The molecule has 58 heavy (non-hydrogen) atoms. The number of hydrogen-bond acceptors (Lipinski definition) is 8. The second kappa shape index (κ2) is 45.5. The van der Waals surface area contributed by atoms with Crippen molar-refractivity contribution in [1.82, 2.24) is 0 Å². The van der Waals surface area contributed by atoms with Gasteiger partial charge in [0, 0.05) is 19.4 Å². The highest BCUT2D eigenvalue weighted by atomic mass is 31.2. The lowest BCUT2D eigenvalue weighted by Gasteiger charge is -2.19. The highest BCUT2D eigenvalue weighted by Crippen LogP contribution is 2.43. The van der Waals surface area contributed by atoms with Crippen molar-refractivity contribution in [2.24, 2.45) is 5.73 Å². The van der Waals surface area contributed by atoms with Gasteiger partial charge in [0.05, 0.1) is 13.2 Å². The van der Waals surface area contributed by atoms with E-state index in [9.17, 15) is 19.0 Å². The van der Waals surface area contributed by atoms with Gasteiger partial charge < -0.3 is 20.1 Å². The Hall–Kier alpha value is -0.990. The summed E-state index contributed by atoms with van der Waals surface area (Å²) in [5.74, 6) is -0.807. The molecule has 3 N–H and O–H groups in total. The number of nitrogens with two attached hydrogens (primary N) is 1. The summed E-state index contributed by atoms with van der Waals surface area (Å²) in [5.41, 5.74) is 5.36. The molecule has 0 fully saturated rings. The second-order valence-corrected chi connectivity index (χ2v) is 18.5. The van der Waals surface area contributed by atoms with E-state index in [1.165, 1.54) is 199 Å². The molecule has 0 radical (unpaired) electrons. The van der Waals surface area contributed by atoms with Gasteiger partial charge in [-0.15, -0.1) is 0 Å². The van der Waals surface area contributed by atoms with Gasteiger partial charge in [0.15, 0.2) is 6.10 Å². The monoisotopic (exact) mass is 846 g/mol. The van der Waals surface area contributed by atoms with Gasteiger partial charge in [-0.1, -0.05) is 239 Å². The third-order valence-electron chi connectivity index (χ3n) is 11.2. The zero-order valence-electron chi connectivity index (χ0n) is 38.3. The van der Waals surface area contributed by atoms with Crippen LogP contribution in [0, 0.1) is 0 Å². The van der Waals surface area contributed by atoms with Crippen LogP contribution in [0.15, 0.2) is 0 Å². The second-order valence-electron chi connectivity index (χ2n) is 17.1. The fourth-order valence-corrected chi connectivity index (χ4v) is 8.29. The minimum Gasteiger partial charge on any atom is -0.462 e. The van der Waals surface area contributed by atoms with E-state index in [2.05, 4.69) is 13.8 Å². The van der Waals surface area contributed by atoms with Crippen LogP contribution in [-0.4, -0.2) is 49.3 Å². The van der Waals surface area contributed by atoms with Crippen LogP contribution in [0.2, 0.25) is 0 Å². The fourth-order valence-electron chi connectivity index (χ4n) is 7.52. The van der Waals surface area contributed by atoms with Gasteiger partial charge in [-0.25, -0.2) is 4.57 Å². The average Bonchev–Trinajstić information content (AvgIpc) is 3.21. The summed E-state index contributed by atoms with van der Waals surface area (Å²) in [7, 11) is -4.37. The van der Waals surface area contributed by atoms with Crippen LogP contribution in [0.25, 0.3) is 0 Å². The molecule has 0 aliphatic rings. The maximum Gasteiger partial charge on any atom is 0.472 e. The summed E-state index contributed by atoms with van der Waals surface area (Å²) < 4.78 is 32.9. The summed E-state index contributed by atoms with van der Waals surface area (Å²) in [6.07, 6.45) is 47.1. The van der Waals surface area contributed by atoms with E-state index in [1.54, 1.807) is 0 Å². The third kappa shape index (κ3) is 44.6. The fraction of sp³-hybridized carbons (Fsp3) is 0.958. The highest BCUT2D eigenvalue weighted by Gasteiger charge is 2.26. The lowest BCUT2D eigenvalue weighted by molar-refractivity contribution is -0.161. The van der Waals surface area contributed by atoms with E-state index < -0.39 is 26.5 Å². The lowest BCUT2D eigenvalue weighted by atomic mass is 10.0. The first-order chi connectivity index (χ1) is 28.3. The zero-order valence-corrected chi connectivity index (χ0v) is 39.2. The first kappa shape index (κ1) is 57.0. The molecule has 0 aromatic heterocycles. The maximum atomic E-state index is 12.6. The van der Waals surface area contributed by atoms with Crippen LogP contribution >= 0.6 is 7.82 Å². The molecule has 0 aliphatic carbocycles. The van der Waals surface area contributed by atoms with Gasteiger partial charge in [0.25, 0.3) is 0 Å². The van der Waals surface area contributed by atoms with Crippen molar-refractivity contribution in [3.8, 4) is 0 Å². The first-order valence-electron chi connectivity index (χ1n) is 25.0. The summed E-state index contributed by atoms with van der Waals surface area (Å²) >= 11 is 0. The molecular weight excluding hydrogens is 750 g/mol. The van der Waals surface area contributed by atoms with Gasteiger partial charge >= 0.3 is 19.8 Å². The van der Waals surface area contributed by atoms with E-state index in [0.29, 0.717) is 6.42 Å². The Kier molecular flexibility index (Phi) is 44.8. The topological polar surface area (TPSA) is 134 Å². The molecule has 0 aliphatic heterocycles. The molecule has 0 aromatic carbocycles. The van der Waals surface area contributed by atoms with E-state index in [-0.39, 0.29) is 38.6 Å². The minimum atomic E-state index is -4.37. The van der Waals surface area contributed by atoms with Crippen LogP contribution < -0.4 is 5.73 Å². The van der Waals surface area contributed by atoms with E-state index in [4.69, 9.17) is 24.3 Å². The Bertz CT molecular complexity index is 922. The Morgan fingerprint density at radius 1 is 0.448 bits per heavy atom. The summed E-state index contributed by atoms with van der Waals surface area (Å²) in [6.45, 7) is 3.80. The highest BCUT2D eigenvalue weighted by molar-refractivity contribution is 7.47. The molecular formula is C48H96NO8P. The molecule has 346 valence electrons. The van der Waals surface area contributed by atoms with Gasteiger partial charge in [-0.2, -0.15) is 0 Å². The standard InChI is InChI=1S/C48H96NO8P/c1-3-5-7-9-11-13-15-17-19-21-22-23-25-26-28-30-32-34-36-38-40-47(50)54-44-46(45-56-58(52,53)55-43-42-49)57-48(51)41-39-37-35-33-31-29-27-24-20-18-16-14-12-10-8-6-4-2/h46H,3-45,49H2,1-2H3,(H,52,53)/t46-/m1/s1. The molecule has 0 amide bonds. The van der Waals surface area contributed by atoms with Crippen LogP contribution in [-0.2, 0) is 32.7 Å². The Morgan fingerprint density at radius 2 is 0.741 bits per heavy atom. The molecule has 0 saturated heterocycles. The van der Waals surface area contributed by atoms with Crippen LogP contribution in [0.3, 0.4) is 0 Å². The summed E-state index contributed by atoms with van der Waals surface area (Å²) in [6, 6.07) is 0. The number of ether oxygens (including phenoxy) is 2. The third-order valence-corrected chi connectivity index (χ3v) is 12.2. The minimum absolute atomic E-state index is 0.0583. The molecule has 0 aromatic rings. The molecule has 0 heterocycles. The number of esters is 2. The Balaban J connectivity index is 4.00. The van der Waals surface area contributed by atoms with E-state index >= 15 is 0 Å². The predicted octanol–water partition coefficient (Wildman–Crippen LogP) is 14.8. The molecule has 0 bridgehead atoms. The number of unbranched alkanes of at least 4 members (excludes halogenated alkanes) is 35. The van der Waals surface area contributed by atoms with Crippen LogP contribution in [0.4, 0.5) is 0 Å². The average molecular weight is 846 g/mol. The van der Waals surface area contributed by atoms with Crippen molar-refractivity contribution in [2.45, 2.75) is 270 Å². The zero-order chi connectivity index (χ0) is 42.5. The normalized spacial score (nSPS) is 13.1. The molecule has 9 nitrogen and oxygen atoms in total. The number of phosphoric acid groups is 1. The number of hydrogen-bond donors (Lipinski definition) is 2. The van der Waals surface area contributed by atoms with Crippen molar-refractivity contribution in [3.63, 3.8) is 0 Å². The number of carbonyl (C=O) groups is 2. The predicted molar refractivity (Wildman–Crippen MR) is 243 cm³/mol. The van der Waals surface area contributed by atoms with Crippen LogP contribution in [0.1, 0.15) is 264 Å². The van der Waals surface area contributed by atoms with Crippen molar-refractivity contribution in [3.05, 3.63) is 0 Å². The van der Waals surface area contributed by atoms with Crippen molar-refractivity contribution < 1.29 is 37.6 Å². The first-order valence-corrected chi connectivity index (χ1v) is 26.5. The molecule has 10 heteroatoms. The maximum absolute atomic E-state index is 12.6.